The summed E-state index contributed by atoms with van der Waals surface area (Å²) >= 11 is 0. The van der Waals surface area contributed by atoms with Gasteiger partial charge in [0.1, 0.15) is 17.6 Å². The van der Waals surface area contributed by atoms with E-state index in [-0.39, 0.29) is 0 Å². The molecule has 33 heavy (non-hydrogen) atoms. The summed E-state index contributed by atoms with van der Waals surface area (Å²) < 4.78 is 5.05. The van der Waals surface area contributed by atoms with Crippen LogP contribution >= 0.6 is 0 Å². The molecule has 0 amide bonds. The number of imidazole rings is 1. The number of unbranched alkanes of at least 4 members (excludes halogenated alkanes) is 3. The Balaban J connectivity index is 1.75. The molecule has 0 N–H and O–H groups in total. The molecule has 3 aromatic carbocycles. The normalized spacial score (nSPS) is 12.1. The highest BCUT2D eigenvalue weighted by atomic mass is 15.2. The molecule has 1 unspecified atom stereocenters. The minimum absolute atomic E-state index is 0.460. The van der Waals surface area contributed by atoms with Crippen LogP contribution in [0.4, 0.5) is 0 Å². The van der Waals surface area contributed by atoms with Gasteiger partial charge in [0, 0.05) is 6.42 Å². The predicted octanol–water partition coefficient (Wildman–Crippen LogP) is 7.28. The molecule has 4 rings (SSSR count). The van der Waals surface area contributed by atoms with Crippen molar-refractivity contribution in [2.45, 2.75) is 64.8 Å². The van der Waals surface area contributed by atoms with Gasteiger partial charge in [-0.15, -0.1) is 0 Å². The van der Waals surface area contributed by atoms with Gasteiger partial charge in [0.25, 0.3) is 5.82 Å². The summed E-state index contributed by atoms with van der Waals surface area (Å²) in [5.41, 5.74) is 5.40. The maximum atomic E-state index is 2.53. The Hall–Kier alpha value is -3.13. The highest BCUT2D eigenvalue weighted by Gasteiger charge is 2.26. The maximum Gasteiger partial charge on any atom is 0.266 e. The average molecular weight is 438 g/mol. The van der Waals surface area contributed by atoms with Gasteiger partial charge in [-0.25, -0.2) is 4.57 Å². The first-order valence-corrected chi connectivity index (χ1v) is 12.5. The van der Waals surface area contributed by atoms with Crippen molar-refractivity contribution in [1.29, 1.82) is 0 Å². The van der Waals surface area contributed by atoms with E-state index in [0.29, 0.717) is 5.92 Å². The van der Waals surface area contributed by atoms with Crippen molar-refractivity contribution in [2.75, 3.05) is 0 Å². The summed E-state index contributed by atoms with van der Waals surface area (Å²) in [7, 11) is 0. The lowest BCUT2D eigenvalue weighted by molar-refractivity contribution is -0.703. The van der Waals surface area contributed by atoms with Gasteiger partial charge in [-0.2, -0.15) is 4.57 Å². The Morgan fingerprint density at radius 3 is 2.06 bits per heavy atom. The number of aryl methyl sites for hydroxylation is 1. The summed E-state index contributed by atoms with van der Waals surface area (Å²) in [6.45, 7) is 5.71. The summed E-state index contributed by atoms with van der Waals surface area (Å²) in [5.74, 6) is 1.83. The van der Waals surface area contributed by atoms with Crippen molar-refractivity contribution in [3.63, 3.8) is 0 Å². The molecule has 2 nitrogen and oxygen atoms in total. The fourth-order valence-corrected chi connectivity index (χ4v) is 4.72. The van der Waals surface area contributed by atoms with E-state index in [9.17, 15) is 0 Å². The number of hydrogen-bond acceptors (Lipinski definition) is 0. The zero-order chi connectivity index (χ0) is 22.9. The minimum atomic E-state index is 0.460. The lowest BCUT2D eigenvalue weighted by Crippen LogP contribution is -2.37. The average Bonchev–Trinajstić information content (AvgIpc) is 3.19. The van der Waals surface area contributed by atoms with Crippen LogP contribution in [-0.4, -0.2) is 4.57 Å². The lowest BCUT2D eigenvalue weighted by Gasteiger charge is -2.11. The van der Waals surface area contributed by atoms with E-state index in [1.54, 1.807) is 0 Å². The summed E-state index contributed by atoms with van der Waals surface area (Å²) in [4.78, 5) is 0. The Labute approximate surface area is 199 Å². The third-order valence-corrected chi connectivity index (χ3v) is 6.54. The monoisotopic (exact) mass is 437 g/mol. The highest BCUT2D eigenvalue weighted by molar-refractivity contribution is 5.36. The van der Waals surface area contributed by atoms with Crippen LogP contribution < -0.4 is 4.57 Å². The van der Waals surface area contributed by atoms with Gasteiger partial charge in [0.15, 0.2) is 0 Å². The SMILES string of the molecule is CCCCCC[n+]1cc(CC(C)c2ccccc2)n(-c2ccccc2)c1Cc1ccccc1. The number of hydrogen-bond donors (Lipinski definition) is 0. The summed E-state index contributed by atoms with van der Waals surface area (Å²) in [6.07, 6.45) is 9.48. The number of rotatable bonds is 11. The molecule has 170 valence electrons. The van der Waals surface area contributed by atoms with Gasteiger partial charge in [-0.05, 0) is 42.0 Å². The van der Waals surface area contributed by atoms with Crippen molar-refractivity contribution in [3.8, 4) is 5.69 Å². The van der Waals surface area contributed by atoms with Crippen LogP contribution in [-0.2, 0) is 19.4 Å². The zero-order valence-corrected chi connectivity index (χ0v) is 20.2. The van der Waals surface area contributed by atoms with Gasteiger partial charge in [-0.3, -0.25) is 0 Å². The Bertz CT molecular complexity index is 1100. The van der Waals surface area contributed by atoms with Crippen LogP contribution in [0.15, 0.2) is 97.2 Å². The highest BCUT2D eigenvalue weighted by Crippen LogP contribution is 2.24. The summed E-state index contributed by atoms with van der Waals surface area (Å²) in [5, 5.41) is 0. The molecule has 2 heteroatoms. The Morgan fingerprint density at radius 2 is 1.39 bits per heavy atom. The molecule has 1 atom stereocenters. The van der Waals surface area contributed by atoms with Gasteiger partial charge in [0.2, 0.25) is 0 Å². The lowest BCUT2D eigenvalue weighted by atomic mass is 9.96. The standard InChI is InChI=1S/C31H37N2/c1-3-4-5-15-22-32-25-30(23-26(2)28-18-11-7-12-19-28)33(29-20-13-8-14-21-29)31(32)24-27-16-9-6-10-17-27/h6-14,16-21,25-26H,3-5,15,22-24H2,1-2H3/q+1. The second kappa shape index (κ2) is 11.7. The molecule has 4 aromatic rings. The van der Waals surface area contributed by atoms with Crippen LogP contribution in [0, 0.1) is 0 Å². The summed E-state index contributed by atoms with van der Waals surface area (Å²) in [6, 6.07) is 32.7. The van der Waals surface area contributed by atoms with Crippen molar-refractivity contribution >= 4 is 0 Å². The van der Waals surface area contributed by atoms with E-state index in [4.69, 9.17) is 0 Å². The van der Waals surface area contributed by atoms with Crippen LogP contribution in [0.5, 0.6) is 0 Å². The number of para-hydroxylation sites is 1. The fourth-order valence-electron chi connectivity index (χ4n) is 4.72. The third-order valence-electron chi connectivity index (χ3n) is 6.54. The van der Waals surface area contributed by atoms with Crippen LogP contribution in [0.2, 0.25) is 0 Å². The van der Waals surface area contributed by atoms with Crippen molar-refractivity contribution in [1.82, 2.24) is 4.57 Å². The number of aromatic nitrogens is 2. The van der Waals surface area contributed by atoms with Gasteiger partial charge in [-0.1, -0.05) is 106 Å². The van der Waals surface area contributed by atoms with E-state index in [1.165, 1.54) is 54.0 Å². The van der Waals surface area contributed by atoms with E-state index >= 15 is 0 Å². The van der Waals surface area contributed by atoms with Crippen LogP contribution in [0.3, 0.4) is 0 Å². The molecule has 0 saturated carbocycles. The molecule has 0 spiro atoms. The second-order valence-electron chi connectivity index (χ2n) is 9.14. The first-order valence-electron chi connectivity index (χ1n) is 12.5. The third kappa shape index (κ3) is 6.01. The van der Waals surface area contributed by atoms with Crippen molar-refractivity contribution in [3.05, 3.63) is 120 Å². The van der Waals surface area contributed by atoms with Crippen molar-refractivity contribution < 1.29 is 4.57 Å². The molecule has 0 aliphatic heterocycles. The molecule has 1 heterocycles. The van der Waals surface area contributed by atoms with E-state index in [2.05, 4.69) is 120 Å². The number of nitrogens with zero attached hydrogens (tertiary/aromatic N) is 2. The molecular weight excluding hydrogens is 400 g/mol. The van der Waals surface area contributed by atoms with Crippen molar-refractivity contribution in [2.24, 2.45) is 0 Å². The molecule has 0 saturated heterocycles. The van der Waals surface area contributed by atoms with E-state index in [1.807, 2.05) is 0 Å². The largest absolute Gasteiger partial charge is 0.266 e. The minimum Gasteiger partial charge on any atom is -0.233 e. The molecule has 0 aliphatic carbocycles. The van der Waals surface area contributed by atoms with Crippen LogP contribution in [0.1, 0.15) is 68.1 Å². The number of benzene rings is 3. The molecule has 1 aromatic heterocycles. The molecule has 0 bridgehead atoms. The topological polar surface area (TPSA) is 8.81 Å². The first-order chi connectivity index (χ1) is 16.3. The maximum absolute atomic E-state index is 2.53. The molecule has 0 radical (unpaired) electrons. The fraction of sp³-hybridized carbons (Fsp3) is 0.323. The van der Waals surface area contributed by atoms with Gasteiger partial charge < -0.3 is 0 Å². The molecule has 0 aliphatic rings. The first kappa shape index (κ1) is 23.0. The van der Waals surface area contributed by atoms with E-state index in [0.717, 1.165) is 19.4 Å². The predicted molar refractivity (Wildman–Crippen MR) is 138 cm³/mol. The zero-order valence-electron chi connectivity index (χ0n) is 20.2. The Kier molecular flexibility index (Phi) is 8.14. The van der Waals surface area contributed by atoms with Crippen LogP contribution in [0.25, 0.3) is 5.69 Å². The quantitative estimate of drug-likeness (QED) is 0.172. The molecule has 0 fully saturated rings. The van der Waals surface area contributed by atoms with E-state index < -0.39 is 0 Å². The van der Waals surface area contributed by atoms with Gasteiger partial charge >= 0.3 is 0 Å². The Morgan fingerprint density at radius 1 is 0.758 bits per heavy atom. The second-order valence-corrected chi connectivity index (χ2v) is 9.14. The smallest absolute Gasteiger partial charge is 0.233 e. The van der Waals surface area contributed by atoms with Gasteiger partial charge in [0.05, 0.1) is 13.0 Å². The molecular formula is C31H37N2+.